The SMILES string of the molecule is COCCCC(=O)CCc1c(C)oc2c(C=O)c(O)c(C)cc2c1=O. The Bertz CT molecular complexity index is 863. The van der Waals surface area contributed by atoms with Gasteiger partial charge in [0.2, 0.25) is 0 Å². The van der Waals surface area contributed by atoms with Gasteiger partial charge in [0, 0.05) is 32.1 Å². The number of Topliss-reactive ketones (excluding diaryl/α,β-unsaturated/α-hetero) is 1. The van der Waals surface area contributed by atoms with E-state index in [4.69, 9.17) is 9.15 Å². The number of ether oxygens (including phenoxy) is 1. The van der Waals surface area contributed by atoms with Gasteiger partial charge in [0.1, 0.15) is 17.3 Å². The third-order valence-corrected chi connectivity index (χ3v) is 4.25. The molecule has 0 bridgehead atoms. The normalized spacial score (nSPS) is 11.0. The fourth-order valence-electron chi connectivity index (χ4n) is 2.83. The van der Waals surface area contributed by atoms with Crippen molar-refractivity contribution < 1.29 is 23.8 Å². The summed E-state index contributed by atoms with van der Waals surface area (Å²) in [5, 5.41) is 10.2. The summed E-state index contributed by atoms with van der Waals surface area (Å²) in [6.45, 7) is 3.76. The molecule has 0 amide bonds. The lowest BCUT2D eigenvalue weighted by Crippen LogP contribution is -2.14. The maximum absolute atomic E-state index is 12.8. The van der Waals surface area contributed by atoms with Gasteiger partial charge < -0.3 is 14.3 Å². The number of fused-ring (bicyclic) bond motifs is 1. The number of hydrogen-bond acceptors (Lipinski definition) is 6. The van der Waals surface area contributed by atoms with E-state index in [2.05, 4.69) is 0 Å². The van der Waals surface area contributed by atoms with Crippen LogP contribution in [0.5, 0.6) is 5.75 Å². The first-order valence-electron chi connectivity index (χ1n) is 8.15. The molecule has 0 aliphatic heterocycles. The van der Waals surface area contributed by atoms with Crippen LogP contribution in [0.3, 0.4) is 0 Å². The molecule has 1 aromatic heterocycles. The lowest BCUT2D eigenvalue weighted by atomic mass is 10.00. The summed E-state index contributed by atoms with van der Waals surface area (Å²) in [6, 6.07) is 1.51. The van der Waals surface area contributed by atoms with E-state index in [1.54, 1.807) is 21.0 Å². The van der Waals surface area contributed by atoms with Crippen LogP contribution in [0.25, 0.3) is 11.0 Å². The first-order chi connectivity index (χ1) is 11.9. The first kappa shape index (κ1) is 18.9. The molecule has 2 aromatic rings. The number of carbonyl (C=O) groups is 2. The molecule has 0 fully saturated rings. The van der Waals surface area contributed by atoms with Crippen molar-refractivity contribution in [3.8, 4) is 5.75 Å². The van der Waals surface area contributed by atoms with Crippen LogP contribution in [0.4, 0.5) is 0 Å². The molecule has 0 atom stereocenters. The molecule has 2 rings (SSSR count). The van der Waals surface area contributed by atoms with Crippen molar-refractivity contribution in [2.75, 3.05) is 13.7 Å². The van der Waals surface area contributed by atoms with Crippen LogP contribution >= 0.6 is 0 Å². The van der Waals surface area contributed by atoms with Gasteiger partial charge in [-0.05, 0) is 38.3 Å². The minimum Gasteiger partial charge on any atom is -0.507 e. The van der Waals surface area contributed by atoms with Crippen LogP contribution in [-0.4, -0.2) is 30.9 Å². The molecule has 0 spiro atoms. The molecule has 0 saturated heterocycles. The molecule has 0 aliphatic rings. The second kappa shape index (κ2) is 8.07. The molecular weight excluding hydrogens is 324 g/mol. The number of aromatic hydroxyl groups is 1. The van der Waals surface area contributed by atoms with E-state index in [1.807, 2.05) is 0 Å². The predicted octanol–water partition coefficient (Wildman–Crippen LogP) is 2.86. The quantitative estimate of drug-likeness (QED) is 0.583. The second-order valence-electron chi connectivity index (χ2n) is 6.05. The van der Waals surface area contributed by atoms with Crippen LogP contribution in [0.1, 0.15) is 46.5 Å². The molecule has 0 unspecified atom stereocenters. The topological polar surface area (TPSA) is 93.8 Å². The van der Waals surface area contributed by atoms with Crippen molar-refractivity contribution in [2.45, 2.75) is 39.5 Å². The number of methoxy groups -OCH3 is 1. The van der Waals surface area contributed by atoms with E-state index < -0.39 is 0 Å². The van der Waals surface area contributed by atoms with Gasteiger partial charge in [0.15, 0.2) is 17.3 Å². The Hall–Kier alpha value is -2.47. The zero-order valence-corrected chi connectivity index (χ0v) is 14.7. The number of benzene rings is 1. The Labute approximate surface area is 145 Å². The van der Waals surface area contributed by atoms with E-state index in [1.165, 1.54) is 6.07 Å². The van der Waals surface area contributed by atoms with Gasteiger partial charge in [0.05, 0.1) is 10.9 Å². The lowest BCUT2D eigenvalue weighted by molar-refractivity contribution is -0.119. The summed E-state index contributed by atoms with van der Waals surface area (Å²) in [6.07, 6.45) is 2.08. The van der Waals surface area contributed by atoms with Crippen LogP contribution in [0.15, 0.2) is 15.3 Å². The Balaban J connectivity index is 2.36. The number of carbonyl (C=O) groups excluding carboxylic acids is 2. The van der Waals surface area contributed by atoms with Crippen LogP contribution in [0.2, 0.25) is 0 Å². The van der Waals surface area contributed by atoms with E-state index in [0.717, 1.165) is 0 Å². The fraction of sp³-hybridized carbons (Fsp3) is 0.421. The minimum absolute atomic E-state index is 0.0302. The molecule has 1 aromatic carbocycles. The average Bonchev–Trinajstić information content (AvgIpc) is 2.57. The fourth-order valence-corrected chi connectivity index (χ4v) is 2.83. The standard InChI is InChI=1S/C19H22O6/c1-11-9-15-18(23)14(7-6-13(21)5-4-8-24-3)12(2)25-19(15)16(10-20)17(11)22/h9-10,22H,4-8H2,1-3H3. The average molecular weight is 346 g/mol. The molecule has 134 valence electrons. The van der Waals surface area contributed by atoms with E-state index in [9.17, 15) is 19.5 Å². The number of phenolic OH excluding ortho intramolecular Hbond substituents is 1. The van der Waals surface area contributed by atoms with Crippen molar-refractivity contribution in [1.82, 2.24) is 0 Å². The third kappa shape index (κ3) is 3.96. The molecular formula is C19H22O6. The maximum atomic E-state index is 12.8. The molecule has 0 radical (unpaired) electrons. The molecule has 1 heterocycles. The zero-order chi connectivity index (χ0) is 18.6. The van der Waals surface area contributed by atoms with E-state index >= 15 is 0 Å². The molecule has 6 heteroatoms. The highest BCUT2D eigenvalue weighted by Gasteiger charge is 2.18. The highest BCUT2D eigenvalue weighted by atomic mass is 16.5. The van der Waals surface area contributed by atoms with Gasteiger partial charge >= 0.3 is 0 Å². The number of hydrogen-bond donors (Lipinski definition) is 1. The highest BCUT2D eigenvalue weighted by molar-refractivity contribution is 5.98. The monoisotopic (exact) mass is 346 g/mol. The van der Waals surface area contributed by atoms with E-state index in [0.29, 0.717) is 42.6 Å². The van der Waals surface area contributed by atoms with Gasteiger partial charge in [-0.2, -0.15) is 0 Å². The second-order valence-corrected chi connectivity index (χ2v) is 6.05. The van der Waals surface area contributed by atoms with Crippen molar-refractivity contribution in [1.29, 1.82) is 0 Å². The summed E-state index contributed by atoms with van der Waals surface area (Å²) >= 11 is 0. The smallest absolute Gasteiger partial charge is 0.196 e. The Morgan fingerprint density at radius 3 is 2.68 bits per heavy atom. The van der Waals surface area contributed by atoms with Crippen LogP contribution < -0.4 is 5.43 Å². The molecule has 1 N–H and O–H groups in total. The number of aryl methyl sites for hydroxylation is 2. The number of aldehydes is 1. The van der Waals surface area contributed by atoms with Gasteiger partial charge in [-0.25, -0.2) is 0 Å². The Morgan fingerprint density at radius 1 is 1.32 bits per heavy atom. The summed E-state index contributed by atoms with van der Waals surface area (Å²) in [5.74, 6) is 0.228. The van der Waals surface area contributed by atoms with Gasteiger partial charge in [-0.15, -0.1) is 0 Å². The highest BCUT2D eigenvalue weighted by Crippen LogP contribution is 2.29. The zero-order valence-electron chi connectivity index (χ0n) is 14.7. The summed E-state index contributed by atoms with van der Waals surface area (Å²) in [4.78, 5) is 35.9. The lowest BCUT2D eigenvalue weighted by Gasteiger charge is -2.10. The third-order valence-electron chi connectivity index (χ3n) is 4.25. The number of rotatable bonds is 8. The number of phenols is 1. The largest absolute Gasteiger partial charge is 0.507 e. The number of ketones is 1. The summed E-state index contributed by atoms with van der Waals surface area (Å²) < 4.78 is 10.6. The molecule has 0 aliphatic carbocycles. The molecule has 25 heavy (non-hydrogen) atoms. The summed E-state index contributed by atoms with van der Waals surface area (Å²) in [5.41, 5.74) is 0.629. The van der Waals surface area contributed by atoms with Crippen molar-refractivity contribution >= 4 is 23.0 Å². The Morgan fingerprint density at radius 2 is 2.04 bits per heavy atom. The minimum atomic E-state index is -0.269. The maximum Gasteiger partial charge on any atom is 0.196 e. The van der Waals surface area contributed by atoms with Gasteiger partial charge in [0.25, 0.3) is 0 Å². The summed E-state index contributed by atoms with van der Waals surface area (Å²) in [7, 11) is 1.58. The first-order valence-corrected chi connectivity index (χ1v) is 8.15. The van der Waals surface area contributed by atoms with Gasteiger partial charge in [-0.1, -0.05) is 0 Å². The van der Waals surface area contributed by atoms with Crippen molar-refractivity contribution in [3.05, 3.63) is 38.7 Å². The van der Waals surface area contributed by atoms with Crippen LogP contribution in [-0.2, 0) is 16.0 Å². The van der Waals surface area contributed by atoms with E-state index in [-0.39, 0.29) is 46.3 Å². The van der Waals surface area contributed by atoms with Gasteiger partial charge in [-0.3, -0.25) is 14.4 Å². The Kier molecular flexibility index (Phi) is 6.09. The van der Waals surface area contributed by atoms with Crippen molar-refractivity contribution in [3.63, 3.8) is 0 Å². The predicted molar refractivity (Wildman–Crippen MR) is 93.4 cm³/mol. The van der Waals surface area contributed by atoms with Crippen LogP contribution in [0, 0.1) is 13.8 Å². The van der Waals surface area contributed by atoms with Crippen molar-refractivity contribution in [2.24, 2.45) is 0 Å². The molecule has 6 nitrogen and oxygen atoms in total. The molecule has 0 saturated carbocycles.